The SMILES string of the molecule is CCCCCCONc1ccccc1N. The zero-order valence-corrected chi connectivity index (χ0v) is 9.33. The zero-order chi connectivity index (χ0) is 10.9. The van der Waals surface area contributed by atoms with Crippen molar-refractivity contribution in [3.05, 3.63) is 24.3 Å². The lowest BCUT2D eigenvalue weighted by Gasteiger charge is -2.08. The number of para-hydroxylation sites is 2. The number of nitrogens with two attached hydrogens (primary N) is 1. The highest BCUT2D eigenvalue weighted by atomic mass is 16.6. The van der Waals surface area contributed by atoms with Gasteiger partial charge in [-0.2, -0.15) is 0 Å². The van der Waals surface area contributed by atoms with Crippen molar-refractivity contribution in [3.8, 4) is 0 Å². The Bertz CT molecular complexity index is 276. The van der Waals surface area contributed by atoms with Crippen LogP contribution in [-0.4, -0.2) is 6.61 Å². The molecule has 0 saturated carbocycles. The van der Waals surface area contributed by atoms with Gasteiger partial charge in [-0.25, -0.2) is 0 Å². The molecular weight excluding hydrogens is 188 g/mol. The number of rotatable bonds is 7. The molecular formula is C12H20N2O. The number of benzene rings is 1. The van der Waals surface area contributed by atoms with Gasteiger partial charge in [-0.15, -0.1) is 0 Å². The third-order valence-electron chi connectivity index (χ3n) is 2.24. The number of anilines is 2. The van der Waals surface area contributed by atoms with E-state index in [9.17, 15) is 0 Å². The van der Waals surface area contributed by atoms with E-state index in [0.717, 1.165) is 18.7 Å². The summed E-state index contributed by atoms with van der Waals surface area (Å²) in [5, 5.41) is 0. The summed E-state index contributed by atoms with van der Waals surface area (Å²) in [6.07, 6.45) is 4.84. The summed E-state index contributed by atoms with van der Waals surface area (Å²) in [6.45, 7) is 2.93. The minimum Gasteiger partial charge on any atom is -0.397 e. The minimum absolute atomic E-state index is 0.714. The quantitative estimate of drug-likeness (QED) is 0.411. The molecule has 0 spiro atoms. The molecule has 3 N–H and O–H groups in total. The maximum Gasteiger partial charge on any atom is 0.0833 e. The van der Waals surface area contributed by atoms with E-state index in [4.69, 9.17) is 10.6 Å². The summed E-state index contributed by atoms with van der Waals surface area (Å²) in [6, 6.07) is 7.59. The van der Waals surface area contributed by atoms with Crippen molar-refractivity contribution in [2.45, 2.75) is 32.6 Å². The Kier molecular flexibility index (Phi) is 5.63. The summed E-state index contributed by atoms with van der Waals surface area (Å²) < 4.78 is 0. The first-order valence-corrected chi connectivity index (χ1v) is 5.57. The van der Waals surface area contributed by atoms with Crippen molar-refractivity contribution in [2.24, 2.45) is 0 Å². The van der Waals surface area contributed by atoms with Gasteiger partial charge in [0, 0.05) is 0 Å². The Morgan fingerprint density at radius 3 is 2.73 bits per heavy atom. The second-order valence-electron chi connectivity index (χ2n) is 3.60. The largest absolute Gasteiger partial charge is 0.397 e. The van der Waals surface area contributed by atoms with Crippen LogP contribution in [0.4, 0.5) is 11.4 Å². The van der Waals surface area contributed by atoms with Gasteiger partial charge < -0.3 is 5.73 Å². The summed E-state index contributed by atoms with van der Waals surface area (Å²) in [5.74, 6) is 0. The Morgan fingerprint density at radius 1 is 1.20 bits per heavy atom. The molecule has 0 radical (unpaired) electrons. The van der Waals surface area contributed by atoms with Crippen LogP contribution >= 0.6 is 0 Å². The summed E-state index contributed by atoms with van der Waals surface area (Å²) >= 11 is 0. The van der Waals surface area contributed by atoms with Crippen molar-refractivity contribution in [1.82, 2.24) is 0 Å². The first-order valence-electron chi connectivity index (χ1n) is 5.57. The van der Waals surface area contributed by atoms with E-state index in [1.54, 1.807) is 0 Å². The molecule has 0 saturated heterocycles. The molecule has 0 fully saturated rings. The summed E-state index contributed by atoms with van der Waals surface area (Å²) in [7, 11) is 0. The summed E-state index contributed by atoms with van der Waals surface area (Å²) in [5.41, 5.74) is 10.2. The van der Waals surface area contributed by atoms with E-state index in [0.29, 0.717) is 5.69 Å². The van der Waals surface area contributed by atoms with Crippen molar-refractivity contribution < 1.29 is 4.84 Å². The third-order valence-corrected chi connectivity index (χ3v) is 2.24. The van der Waals surface area contributed by atoms with Gasteiger partial charge in [0.15, 0.2) is 0 Å². The van der Waals surface area contributed by atoms with Crippen LogP contribution in [0.2, 0.25) is 0 Å². The standard InChI is InChI=1S/C12H20N2O/c1-2-3-4-7-10-15-14-12-9-6-5-8-11(12)13/h5-6,8-9,14H,2-4,7,10,13H2,1H3. The fourth-order valence-corrected chi connectivity index (χ4v) is 1.32. The minimum atomic E-state index is 0.714. The Balaban J connectivity index is 2.12. The molecule has 0 aliphatic carbocycles. The fraction of sp³-hybridized carbons (Fsp3) is 0.500. The normalized spacial score (nSPS) is 10.2. The number of hydrogen-bond acceptors (Lipinski definition) is 3. The smallest absolute Gasteiger partial charge is 0.0833 e. The molecule has 0 aliphatic rings. The molecule has 3 nitrogen and oxygen atoms in total. The number of nitrogens with one attached hydrogen (secondary N) is 1. The van der Waals surface area contributed by atoms with Crippen molar-refractivity contribution in [1.29, 1.82) is 0 Å². The summed E-state index contributed by atoms with van der Waals surface area (Å²) in [4.78, 5) is 5.32. The van der Waals surface area contributed by atoms with Crippen LogP contribution in [0.25, 0.3) is 0 Å². The maximum absolute atomic E-state index is 5.74. The van der Waals surface area contributed by atoms with Gasteiger partial charge in [-0.05, 0) is 18.6 Å². The van der Waals surface area contributed by atoms with E-state index in [1.165, 1.54) is 19.3 Å². The molecule has 1 rings (SSSR count). The second-order valence-corrected chi connectivity index (χ2v) is 3.60. The van der Waals surface area contributed by atoms with Gasteiger partial charge >= 0.3 is 0 Å². The van der Waals surface area contributed by atoms with Crippen LogP contribution < -0.4 is 11.2 Å². The highest BCUT2D eigenvalue weighted by Crippen LogP contribution is 2.16. The fourth-order valence-electron chi connectivity index (χ4n) is 1.32. The Hall–Kier alpha value is -1.22. The van der Waals surface area contributed by atoms with E-state index in [1.807, 2.05) is 24.3 Å². The predicted molar refractivity (Wildman–Crippen MR) is 64.6 cm³/mol. The van der Waals surface area contributed by atoms with Gasteiger partial charge in [-0.1, -0.05) is 38.3 Å². The molecule has 0 aliphatic heterocycles. The van der Waals surface area contributed by atoms with E-state index in [-0.39, 0.29) is 0 Å². The Morgan fingerprint density at radius 2 is 2.00 bits per heavy atom. The number of unbranched alkanes of at least 4 members (excludes halogenated alkanes) is 3. The van der Waals surface area contributed by atoms with Crippen LogP contribution in [-0.2, 0) is 4.84 Å². The average Bonchev–Trinajstić information content (AvgIpc) is 2.25. The molecule has 1 aromatic rings. The van der Waals surface area contributed by atoms with Gasteiger partial charge in [0.25, 0.3) is 0 Å². The van der Waals surface area contributed by atoms with Crippen LogP contribution in [0.3, 0.4) is 0 Å². The number of hydrogen-bond donors (Lipinski definition) is 2. The monoisotopic (exact) mass is 208 g/mol. The molecule has 0 aromatic heterocycles. The first-order chi connectivity index (χ1) is 7.34. The van der Waals surface area contributed by atoms with Crippen LogP contribution in [0.5, 0.6) is 0 Å². The van der Waals surface area contributed by atoms with Crippen molar-refractivity contribution >= 4 is 11.4 Å². The molecule has 1 aromatic carbocycles. The lowest BCUT2D eigenvalue weighted by molar-refractivity contribution is 0.188. The average molecular weight is 208 g/mol. The molecule has 0 unspecified atom stereocenters. The van der Waals surface area contributed by atoms with Crippen LogP contribution in [0, 0.1) is 0 Å². The van der Waals surface area contributed by atoms with E-state index < -0.39 is 0 Å². The number of nitrogen functional groups attached to an aromatic ring is 1. The second kappa shape index (κ2) is 7.12. The third kappa shape index (κ3) is 4.70. The molecule has 0 heterocycles. The van der Waals surface area contributed by atoms with Gasteiger partial charge in [0.05, 0.1) is 18.0 Å². The maximum atomic E-state index is 5.74. The topological polar surface area (TPSA) is 47.3 Å². The Labute approximate surface area is 91.6 Å². The lowest BCUT2D eigenvalue weighted by atomic mass is 10.2. The molecule has 15 heavy (non-hydrogen) atoms. The highest BCUT2D eigenvalue weighted by Gasteiger charge is 1.95. The predicted octanol–water partition coefficient (Wildman–Crippen LogP) is 3.19. The van der Waals surface area contributed by atoms with E-state index in [2.05, 4.69) is 12.4 Å². The van der Waals surface area contributed by atoms with Gasteiger partial charge in [-0.3, -0.25) is 10.3 Å². The molecule has 0 amide bonds. The van der Waals surface area contributed by atoms with E-state index >= 15 is 0 Å². The van der Waals surface area contributed by atoms with Gasteiger partial charge in [0.1, 0.15) is 0 Å². The van der Waals surface area contributed by atoms with Crippen LogP contribution in [0.15, 0.2) is 24.3 Å². The zero-order valence-electron chi connectivity index (χ0n) is 9.33. The van der Waals surface area contributed by atoms with Gasteiger partial charge in [0.2, 0.25) is 0 Å². The molecule has 0 atom stereocenters. The molecule has 84 valence electrons. The lowest BCUT2D eigenvalue weighted by Crippen LogP contribution is -2.04. The molecule has 0 bridgehead atoms. The first kappa shape index (κ1) is 11.9. The van der Waals surface area contributed by atoms with Crippen molar-refractivity contribution in [3.63, 3.8) is 0 Å². The molecule has 3 heteroatoms. The highest BCUT2D eigenvalue weighted by molar-refractivity contribution is 5.64. The van der Waals surface area contributed by atoms with Crippen LogP contribution in [0.1, 0.15) is 32.6 Å². The van der Waals surface area contributed by atoms with Crippen molar-refractivity contribution in [2.75, 3.05) is 17.8 Å².